The minimum absolute atomic E-state index is 0.206. The van der Waals surface area contributed by atoms with Gasteiger partial charge >= 0.3 is 0 Å². The van der Waals surface area contributed by atoms with Crippen molar-refractivity contribution in [2.75, 3.05) is 18.0 Å². The molecule has 1 fully saturated rings. The lowest BCUT2D eigenvalue weighted by Gasteiger charge is -2.33. The van der Waals surface area contributed by atoms with Crippen LogP contribution in [0.15, 0.2) is 30.5 Å². The number of nitriles is 1. The Hall–Kier alpha value is -2.61. The smallest absolute Gasteiger partial charge is 0.150 e. The Morgan fingerprint density at radius 3 is 2.52 bits per heavy atom. The largest absolute Gasteiger partial charge is 0.490 e. The van der Waals surface area contributed by atoms with Gasteiger partial charge in [-0.25, -0.2) is 4.98 Å². The van der Waals surface area contributed by atoms with Crippen LogP contribution < -0.4 is 9.64 Å². The summed E-state index contributed by atoms with van der Waals surface area (Å²) in [6.07, 6.45) is 3.92. The molecule has 0 amide bonds. The molecule has 0 unspecified atom stereocenters. The van der Waals surface area contributed by atoms with Gasteiger partial charge in [-0.1, -0.05) is 0 Å². The Morgan fingerprint density at radius 1 is 1.17 bits per heavy atom. The number of piperidine rings is 1. The van der Waals surface area contributed by atoms with E-state index in [9.17, 15) is 0 Å². The summed E-state index contributed by atoms with van der Waals surface area (Å²) in [4.78, 5) is 11.3. The number of aromatic nitrogens is 2. The van der Waals surface area contributed by atoms with Crippen molar-refractivity contribution in [1.82, 2.24) is 9.97 Å². The summed E-state index contributed by atoms with van der Waals surface area (Å²) >= 11 is 0. The fraction of sp³-hybridized carbons (Fsp3) is 0.389. The lowest BCUT2D eigenvalue weighted by Crippen LogP contribution is -2.39. The van der Waals surface area contributed by atoms with Gasteiger partial charge in [-0.05, 0) is 38.1 Å². The van der Waals surface area contributed by atoms with Crippen molar-refractivity contribution in [3.8, 4) is 11.8 Å². The summed E-state index contributed by atoms with van der Waals surface area (Å²) in [6.45, 7) is 5.80. The van der Waals surface area contributed by atoms with Crippen molar-refractivity contribution in [1.29, 1.82) is 5.26 Å². The number of hydrogen-bond acceptors (Lipinski definition) is 5. The first kappa shape index (κ1) is 15.3. The molecule has 2 aromatic rings. The molecule has 1 aromatic heterocycles. The molecule has 0 saturated carbocycles. The van der Waals surface area contributed by atoms with Crippen molar-refractivity contribution >= 4 is 5.82 Å². The number of nitrogens with zero attached hydrogens (tertiary/aromatic N) is 4. The zero-order valence-corrected chi connectivity index (χ0v) is 13.5. The van der Waals surface area contributed by atoms with E-state index in [0.29, 0.717) is 5.56 Å². The Kier molecular flexibility index (Phi) is 4.42. The van der Waals surface area contributed by atoms with E-state index in [4.69, 9.17) is 10.00 Å². The third-order valence-corrected chi connectivity index (χ3v) is 4.08. The number of benzene rings is 1. The SMILES string of the molecule is Cc1cnc(C)c(N2CCC(Oc3ccc(C#N)cc3)CC2)n1. The maximum Gasteiger partial charge on any atom is 0.150 e. The van der Waals surface area contributed by atoms with Crippen molar-refractivity contribution in [2.45, 2.75) is 32.8 Å². The summed E-state index contributed by atoms with van der Waals surface area (Å²) in [6, 6.07) is 9.42. The molecule has 1 aromatic carbocycles. The van der Waals surface area contributed by atoms with Crippen LogP contribution in [-0.4, -0.2) is 29.2 Å². The quantitative estimate of drug-likeness (QED) is 0.872. The highest BCUT2D eigenvalue weighted by molar-refractivity contribution is 5.43. The van der Waals surface area contributed by atoms with Crippen LogP contribution in [0.4, 0.5) is 5.82 Å². The van der Waals surface area contributed by atoms with Crippen molar-refractivity contribution < 1.29 is 4.74 Å². The summed E-state index contributed by atoms with van der Waals surface area (Å²) < 4.78 is 6.02. The van der Waals surface area contributed by atoms with Gasteiger partial charge in [-0.2, -0.15) is 5.26 Å². The second-order valence-electron chi connectivity index (χ2n) is 5.86. The van der Waals surface area contributed by atoms with Crippen LogP contribution in [-0.2, 0) is 0 Å². The van der Waals surface area contributed by atoms with E-state index in [1.807, 2.05) is 26.0 Å². The molecule has 0 aliphatic carbocycles. The van der Waals surface area contributed by atoms with E-state index < -0.39 is 0 Å². The van der Waals surface area contributed by atoms with E-state index >= 15 is 0 Å². The predicted octanol–water partition coefficient (Wildman–Crippen LogP) is 3.01. The van der Waals surface area contributed by atoms with Gasteiger partial charge in [0.25, 0.3) is 0 Å². The second kappa shape index (κ2) is 6.66. The van der Waals surface area contributed by atoms with Gasteiger partial charge in [0.2, 0.25) is 0 Å². The van der Waals surface area contributed by atoms with Gasteiger partial charge in [-0.3, -0.25) is 4.98 Å². The number of aryl methyl sites for hydroxylation is 2. The van der Waals surface area contributed by atoms with E-state index in [1.54, 1.807) is 18.3 Å². The molecule has 0 spiro atoms. The van der Waals surface area contributed by atoms with Crippen molar-refractivity contribution in [3.05, 3.63) is 47.4 Å². The van der Waals surface area contributed by atoms with Crippen molar-refractivity contribution in [2.24, 2.45) is 0 Å². The Bertz CT molecular complexity index is 713. The van der Waals surface area contributed by atoms with Crippen LogP contribution >= 0.6 is 0 Å². The highest BCUT2D eigenvalue weighted by Crippen LogP contribution is 2.23. The van der Waals surface area contributed by atoms with Gasteiger partial charge in [0.1, 0.15) is 17.7 Å². The van der Waals surface area contributed by atoms with Crippen LogP contribution in [0.3, 0.4) is 0 Å². The summed E-state index contributed by atoms with van der Waals surface area (Å²) in [7, 11) is 0. The predicted molar refractivity (Wildman–Crippen MR) is 88.5 cm³/mol. The van der Waals surface area contributed by atoms with Gasteiger partial charge in [0.15, 0.2) is 0 Å². The second-order valence-corrected chi connectivity index (χ2v) is 5.86. The first-order chi connectivity index (χ1) is 11.2. The first-order valence-electron chi connectivity index (χ1n) is 7.88. The molecule has 1 aliphatic rings. The highest BCUT2D eigenvalue weighted by atomic mass is 16.5. The Labute approximate surface area is 136 Å². The molecule has 0 radical (unpaired) electrons. The molecule has 0 bridgehead atoms. The number of hydrogen-bond donors (Lipinski definition) is 0. The van der Waals surface area contributed by atoms with Gasteiger partial charge in [0.05, 0.1) is 23.0 Å². The molecule has 1 aliphatic heterocycles. The Morgan fingerprint density at radius 2 is 1.87 bits per heavy atom. The first-order valence-corrected chi connectivity index (χ1v) is 7.88. The van der Waals surface area contributed by atoms with Crippen LogP contribution in [0.1, 0.15) is 29.8 Å². The topological polar surface area (TPSA) is 62.0 Å². The van der Waals surface area contributed by atoms with Gasteiger partial charge < -0.3 is 9.64 Å². The van der Waals surface area contributed by atoms with E-state index in [2.05, 4.69) is 20.9 Å². The average molecular weight is 308 g/mol. The zero-order chi connectivity index (χ0) is 16.2. The molecule has 5 nitrogen and oxygen atoms in total. The third-order valence-electron chi connectivity index (χ3n) is 4.08. The van der Waals surface area contributed by atoms with Gasteiger partial charge in [-0.15, -0.1) is 0 Å². The molecule has 0 N–H and O–H groups in total. The number of ether oxygens (including phenoxy) is 1. The third kappa shape index (κ3) is 3.59. The summed E-state index contributed by atoms with van der Waals surface area (Å²) in [5.41, 5.74) is 2.57. The lowest BCUT2D eigenvalue weighted by molar-refractivity contribution is 0.170. The fourth-order valence-corrected chi connectivity index (χ4v) is 2.81. The minimum atomic E-state index is 0.206. The van der Waals surface area contributed by atoms with Gasteiger partial charge in [0, 0.05) is 32.1 Å². The average Bonchev–Trinajstić information content (AvgIpc) is 2.58. The molecule has 2 heterocycles. The van der Waals surface area contributed by atoms with Crippen LogP contribution in [0.5, 0.6) is 5.75 Å². The Balaban J connectivity index is 1.59. The summed E-state index contributed by atoms with van der Waals surface area (Å²) in [5.74, 6) is 1.82. The minimum Gasteiger partial charge on any atom is -0.490 e. The normalized spacial score (nSPS) is 15.3. The fourth-order valence-electron chi connectivity index (χ4n) is 2.81. The number of anilines is 1. The molecule has 118 valence electrons. The van der Waals surface area contributed by atoms with E-state index in [0.717, 1.165) is 48.9 Å². The molecule has 0 atom stereocenters. The maximum atomic E-state index is 8.82. The summed E-state index contributed by atoms with van der Waals surface area (Å²) in [5, 5.41) is 8.82. The van der Waals surface area contributed by atoms with Crippen molar-refractivity contribution in [3.63, 3.8) is 0 Å². The monoisotopic (exact) mass is 308 g/mol. The maximum absolute atomic E-state index is 8.82. The molecule has 3 rings (SSSR count). The van der Waals surface area contributed by atoms with E-state index in [1.165, 1.54) is 0 Å². The van der Waals surface area contributed by atoms with Crippen LogP contribution in [0.2, 0.25) is 0 Å². The molecular formula is C18H20N4O. The highest BCUT2D eigenvalue weighted by Gasteiger charge is 2.23. The molecular weight excluding hydrogens is 288 g/mol. The van der Waals surface area contributed by atoms with Crippen LogP contribution in [0.25, 0.3) is 0 Å². The van der Waals surface area contributed by atoms with E-state index in [-0.39, 0.29) is 6.10 Å². The number of rotatable bonds is 3. The molecule has 5 heteroatoms. The zero-order valence-electron chi connectivity index (χ0n) is 13.5. The molecule has 23 heavy (non-hydrogen) atoms. The lowest BCUT2D eigenvalue weighted by atomic mass is 10.1. The standard InChI is InChI=1S/C18H20N4O/c1-13-12-20-14(2)18(21-13)22-9-7-17(8-10-22)23-16-5-3-15(11-19)4-6-16/h3-6,12,17H,7-10H2,1-2H3. The van der Waals surface area contributed by atoms with Crippen LogP contribution in [0, 0.1) is 25.2 Å². The molecule has 1 saturated heterocycles.